The molecule has 0 bridgehead atoms. The fraction of sp³-hybridized carbons (Fsp3) is 0.364. The van der Waals surface area contributed by atoms with Gasteiger partial charge in [-0.2, -0.15) is 5.10 Å². The van der Waals surface area contributed by atoms with Gasteiger partial charge in [0.05, 0.1) is 42.9 Å². The number of benzene rings is 1. The van der Waals surface area contributed by atoms with Crippen molar-refractivity contribution in [2.45, 2.75) is 5.54 Å². The van der Waals surface area contributed by atoms with Gasteiger partial charge < -0.3 is 26.4 Å². The predicted octanol–water partition coefficient (Wildman–Crippen LogP) is -0.727. The number of aromatic nitrogens is 2. The van der Waals surface area contributed by atoms with Crippen LogP contribution in [0.3, 0.4) is 0 Å². The maximum Gasteiger partial charge on any atom is 0.107 e. The number of nitrogens with two attached hydrogens (primary N) is 1. The second-order valence-corrected chi connectivity index (χ2v) is 4.28. The third-order valence-corrected chi connectivity index (χ3v) is 2.92. The van der Waals surface area contributed by atoms with Crippen molar-refractivity contribution >= 4 is 22.3 Å². The average Bonchev–Trinajstić information content (AvgIpc) is 2.83. The summed E-state index contributed by atoms with van der Waals surface area (Å²) in [6.07, 6.45) is 1.65. The van der Waals surface area contributed by atoms with E-state index < -0.39 is 25.4 Å². The molecule has 0 atom stereocenters. The minimum atomic E-state index is -1.21. The quantitative estimate of drug-likeness (QED) is 0.389. The van der Waals surface area contributed by atoms with Gasteiger partial charge in [0, 0.05) is 5.39 Å². The Bertz CT molecular complexity index is 528. The van der Waals surface area contributed by atoms with E-state index in [1.54, 1.807) is 18.3 Å². The third-order valence-electron chi connectivity index (χ3n) is 2.92. The number of nitrogens with zero attached hydrogens (tertiary/aromatic N) is 1. The summed E-state index contributed by atoms with van der Waals surface area (Å²) in [6.45, 7) is -1.25. The van der Waals surface area contributed by atoms with Gasteiger partial charge in [-0.25, -0.2) is 0 Å². The Balaban J connectivity index is 2.38. The number of hydrogen-bond donors (Lipinski definition) is 6. The van der Waals surface area contributed by atoms with Crippen LogP contribution in [-0.2, 0) is 0 Å². The van der Waals surface area contributed by atoms with Crippen LogP contribution in [0.2, 0.25) is 0 Å². The van der Waals surface area contributed by atoms with Crippen LogP contribution in [-0.4, -0.2) is 50.9 Å². The van der Waals surface area contributed by atoms with E-state index in [4.69, 9.17) is 5.73 Å². The highest BCUT2D eigenvalue weighted by atomic mass is 16.3. The number of nitrogens with one attached hydrogen (secondary N) is 2. The summed E-state index contributed by atoms with van der Waals surface area (Å²) in [7, 11) is 0. The van der Waals surface area contributed by atoms with Crippen molar-refractivity contribution in [3.63, 3.8) is 0 Å². The number of aliphatic hydroxyl groups excluding tert-OH is 3. The molecule has 0 fully saturated rings. The van der Waals surface area contributed by atoms with Crippen molar-refractivity contribution in [2.75, 3.05) is 30.9 Å². The third kappa shape index (κ3) is 2.10. The fourth-order valence-electron chi connectivity index (χ4n) is 1.67. The Morgan fingerprint density at radius 3 is 2.50 bits per heavy atom. The number of aromatic amines is 1. The summed E-state index contributed by atoms with van der Waals surface area (Å²) in [4.78, 5) is 0. The van der Waals surface area contributed by atoms with E-state index in [0.29, 0.717) is 11.4 Å². The van der Waals surface area contributed by atoms with Crippen LogP contribution in [0.5, 0.6) is 0 Å². The van der Waals surface area contributed by atoms with Crippen molar-refractivity contribution < 1.29 is 15.3 Å². The molecule has 0 unspecified atom stereocenters. The summed E-state index contributed by atoms with van der Waals surface area (Å²) in [6, 6.07) is 3.44. The van der Waals surface area contributed by atoms with Gasteiger partial charge in [-0.1, -0.05) is 0 Å². The summed E-state index contributed by atoms with van der Waals surface area (Å²) in [5.74, 6) is 0. The molecule has 2 aromatic rings. The number of rotatable bonds is 5. The number of hydrogen-bond acceptors (Lipinski definition) is 6. The molecule has 1 aromatic heterocycles. The predicted molar refractivity (Wildman–Crippen MR) is 68.1 cm³/mol. The molecule has 18 heavy (non-hydrogen) atoms. The molecule has 98 valence electrons. The molecule has 7 nitrogen and oxygen atoms in total. The lowest BCUT2D eigenvalue weighted by atomic mass is 10.0. The molecular formula is C11H16N4O3. The number of nitrogen functional groups attached to an aromatic ring is 1. The van der Waals surface area contributed by atoms with Gasteiger partial charge in [0.1, 0.15) is 5.54 Å². The van der Waals surface area contributed by atoms with Crippen molar-refractivity contribution in [1.82, 2.24) is 10.2 Å². The first-order valence-corrected chi connectivity index (χ1v) is 5.47. The summed E-state index contributed by atoms with van der Waals surface area (Å²) >= 11 is 0. The summed E-state index contributed by atoms with van der Waals surface area (Å²) in [5, 5.41) is 38.2. The molecule has 0 saturated carbocycles. The standard InChI is InChI=1S/C11H16N4O3/c12-8-1-7-3-13-15-9(7)2-10(8)14-11(4-16,5-17)6-18/h1-3,14,16-18H,4-6,12H2,(H,13,15). The molecule has 7 heteroatoms. The average molecular weight is 252 g/mol. The second kappa shape index (κ2) is 4.81. The summed E-state index contributed by atoms with van der Waals surface area (Å²) in [5.41, 5.74) is 6.40. The Labute approximate surface area is 103 Å². The van der Waals surface area contributed by atoms with E-state index in [9.17, 15) is 15.3 Å². The van der Waals surface area contributed by atoms with Crippen LogP contribution in [0.4, 0.5) is 11.4 Å². The van der Waals surface area contributed by atoms with E-state index in [2.05, 4.69) is 15.5 Å². The highest BCUT2D eigenvalue weighted by Crippen LogP contribution is 2.27. The lowest BCUT2D eigenvalue weighted by Gasteiger charge is -2.30. The van der Waals surface area contributed by atoms with E-state index in [0.717, 1.165) is 10.9 Å². The number of anilines is 2. The van der Waals surface area contributed by atoms with Gasteiger partial charge in [0.25, 0.3) is 0 Å². The molecule has 0 amide bonds. The molecule has 0 spiro atoms. The molecule has 1 heterocycles. The normalized spacial score (nSPS) is 11.9. The Kier molecular flexibility index (Phi) is 3.37. The molecule has 0 aliphatic heterocycles. The molecule has 1 aromatic carbocycles. The Morgan fingerprint density at radius 1 is 1.22 bits per heavy atom. The first-order valence-electron chi connectivity index (χ1n) is 5.47. The highest BCUT2D eigenvalue weighted by molar-refractivity contribution is 5.88. The zero-order chi connectivity index (χ0) is 13.2. The van der Waals surface area contributed by atoms with Gasteiger partial charge in [-0.15, -0.1) is 0 Å². The van der Waals surface area contributed by atoms with Crippen LogP contribution in [0.25, 0.3) is 10.9 Å². The van der Waals surface area contributed by atoms with Gasteiger partial charge in [0.15, 0.2) is 0 Å². The first kappa shape index (κ1) is 12.6. The number of fused-ring (bicyclic) bond motifs is 1. The number of H-pyrrole nitrogens is 1. The van der Waals surface area contributed by atoms with Gasteiger partial charge in [0.2, 0.25) is 0 Å². The van der Waals surface area contributed by atoms with Crippen molar-refractivity contribution in [2.24, 2.45) is 0 Å². The van der Waals surface area contributed by atoms with E-state index in [1.807, 2.05) is 0 Å². The first-order chi connectivity index (χ1) is 8.64. The van der Waals surface area contributed by atoms with Crippen LogP contribution in [0, 0.1) is 0 Å². The second-order valence-electron chi connectivity index (χ2n) is 4.28. The largest absolute Gasteiger partial charge is 0.397 e. The lowest BCUT2D eigenvalue weighted by molar-refractivity contribution is 0.0834. The van der Waals surface area contributed by atoms with Gasteiger partial charge >= 0.3 is 0 Å². The monoisotopic (exact) mass is 252 g/mol. The van der Waals surface area contributed by atoms with Crippen LogP contribution >= 0.6 is 0 Å². The van der Waals surface area contributed by atoms with E-state index in [1.165, 1.54) is 0 Å². The topological polar surface area (TPSA) is 127 Å². The highest BCUT2D eigenvalue weighted by Gasteiger charge is 2.28. The molecule has 7 N–H and O–H groups in total. The van der Waals surface area contributed by atoms with Crippen LogP contribution < -0.4 is 11.1 Å². The summed E-state index contributed by atoms with van der Waals surface area (Å²) < 4.78 is 0. The maximum absolute atomic E-state index is 9.26. The Hall–Kier alpha value is -1.83. The Morgan fingerprint density at radius 2 is 1.89 bits per heavy atom. The van der Waals surface area contributed by atoms with Crippen LogP contribution in [0.1, 0.15) is 0 Å². The van der Waals surface area contributed by atoms with Gasteiger partial charge in [-0.05, 0) is 12.1 Å². The molecule has 0 radical (unpaired) electrons. The number of aliphatic hydroxyl groups is 3. The molecule has 0 aliphatic carbocycles. The molecule has 0 aliphatic rings. The smallest absolute Gasteiger partial charge is 0.107 e. The minimum absolute atomic E-state index is 0.416. The van der Waals surface area contributed by atoms with Crippen molar-refractivity contribution in [1.29, 1.82) is 0 Å². The fourth-order valence-corrected chi connectivity index (χ4v) is 1.67. The maximum atomic E-state index is 9.26. The molecule has 0 saturated heterocycles. The van der Waals surface area contributed by atoms with E-state index >= 15 is 0 Å². The van der Waals surface area contributed by atoms with Crippen molar-refractivity contribution in [3.8, 4) is 0 Å². The van der Waals surface area contributed by atoms with Crippen LogP contribution in [0.15, 0.2) is 18.3 Å². The molecule has 2 rings (SSSR count). The van der Waals surface area contributed by atoms with Crippen molar-refractivity contribution in [3.05, 3.63) is 18.3 Å². The lowest BCUT2D eigenvalue weighted by Crippen LogP contribution is -2.49. The zero-order valence-corrected chi connectivity index (χ0v) is 9.72. The molecular weight excluding hydrogens is 236 g/mol. The van der Waals surface area contributed by atoms with Gasteiger partial charge in [-0.3, -0.25) is 5.10 Å². The van der Waals surface area contributed by atoms with E-state index in [-0.39, 0.29) is 0 Å². The zero-order valence-electron chi connectivity index (χ0n) is 9.72. The minimum Gasteiger partial charge on any atom is -0.397 e. The SMILES string of the molecule is Nc1cc2cn[nH]c2cc1NC(CO)(CO)CO.